The molecule has 29 heavy (non-hydrogen) atoms. The Bertz CT molecular complexity index is 1020. The van der Waals surface area contributed by atoms with Gasteiger partial charge in [0.15, 0.2) is 0 Å². The summed E-state index contributed by atoms with van der Waals surface area (Å²) < 4.78 is 6.43. The van der Waals surface area contributed by atoms with Crippen molar-refractivity contribution in [2.75, 3.05) is 11.9 Å². The van der Waals surface area contributed by atoms with Gasteiger partial charge in [0.1, 0.15) is 18.2 Å². The van der Waals surface area contributed by atoms with Crippen LogP contribution in [0, 0.1) is 17.0 Å². The van der Waals surface area contributed by atoms with Crippen LogP contribution in [0.15, 0.2) is 42.7 Å². The molecule has 0 saturated carbocycles. The summed E-state index contributed by atoms with van der Waals surface area (Å²) in [4.78, 5) is 30.9. The van der Waals surface area contributed by atoms with E-state index in [1.54, 1.807) is 37.3 Å². The van der Waals surface area contributed by atoms with Crippen molar-refractivity contribution in [3.8, 4) is 5.95 Å². The highest BCUT2D eigenvalue weighted by Gasteiger charge is 2.13. The number of anilines is 2. The van der Waals surface area contributed by atoms with E-state index in [0.717, 1.165) is 19.0 Å². The predicted octanol–water partition coefficient (Wildman–Crippen LogP) is 3.58. The summed E-state index contributed by atoms with van der Waals surface area (Å²) in [6.45, 7) is 4.22. The first-order valence-corrected chi connectivity index (χ1v) is 9.05. The van der Waals surface area contributed by atoms with Crippen molar-refractivity contribution < 1.29 is 14.5 Å². The number of rotatable bonds is 8. The van der Waals surface area contributed by atoms with Gasteiger partial charge in [-0.1, -0.05) is 13.3 Å². The van der Waals surface area contributed by atoms with Gasteiger partial charge in [-0.25, -0.2) is 9.78 Å². The molecule has 3 aromatic rings. The summed E-state index contributed by atoms with van der Waals surface area (Å²) in [7, 11) is 0. The zero-order valence-corrected chi connectivity index (χ0v) is 16.0. The van der Waals surface area contributed by atoms with Gasteiger partial charge in [0, 0.05) is 17.4 Å². The van der Waals surface area contributed by atoms with Gasteiger partial charge in [0.25, 0.3) is 5.95 Å². The van der Waals surface area contributed by atoms with Crippen LogP contribution in [0.1, 0.15) is 35.8 Å². The maximum atomic E-state index is 12.0. The van der Waals surface area contributed by atoms with Crippen LogP contribution in [-0.2, 0) is 4.74 Å². The Hall–Kier alpha value is -3.82. The van der Waals surface area contributed by atoms with E-state index in [2.05, 4.69) is 20.4 Å². The fraction of sp³-hybridized carbons (Fsp3) is 0.263. The molecule has 150 valence electrons. The second-order valence-corrected chi connectivity index (χ2v) is 6.29. The summed E-state index contributed by atoms with van der Waals surface area (Å²) in [6.07, 6.45) is 4.18. The molecular weight excluding hydrogens is 376 g/mol. The summed E-state index contributed by atoms with van der Waals surface area (Å²) in [5.41, 5.74) is 1.69. The molecule has 2 heterocycles. The summed E-state index contributed by atoms with van der Waals surface area (Å²) >= 11 is 0. The molecule has 0 aliphatic heterocycles. The van der Waals surface area contributed by atoms with Crippen LogP contribution in [0.4, 0.5) is 17.2 Å². The quantitative estimate of drug-likeness (QED) is 0.265. The first-order valence-electron chi connectivity index (χ1n) is 9.05. The van der Waals surface area contributed by atoms with Gasteiger partial charge in [-0.05, 0) is 37.6 Å². The Labute approximate surface area is 166 Å². The molecule has 0 aliphatic carbocycles. The van der Waals surface area contributed by atoms with Gasteiger partial charge in [0.05, 0.1) is 17.1 Å². The van der Waals surface area contributed by atoms with Crippen LogP contribution in [0.25, 0.3) is 5.95 Å². The number of hydrogen-bond acceptors (Lipinski definition) is 8. The Balaban J connectivity index is 1.73. The monoisotopic (exact) mass is 396 g/mol. The highest BCUT2D eigenvalue weighted by Crippen LogP contribution is 2.18. The minimum Gasteiger partial charge on any atom is -0.462 e. The predicted molar refractivity (Wildman–Crippen MR) is 105 cm³/mol. The Morgan fingerprint density at radius 3 is 2.69 bits per heavy atom. The molecule has 0 saturated heterocycles. The largest absolute Gasteiger partial charge is 0.462 e. The molecule has 0 fully saturated rings. The van der Waals surface area contributed by atoms with Gasteiger partial charge >= 0.3 is 11.7 Å². The Kier molecular flexibility index (Phi) is 6.12. The summed E-state index contributed by atoms with van der Waals surface area (Å²) in [5.74, 6) is 0.339. The standard InChI is InChI=1S/C19H20N6O4/c1-3-4-9-29-18(26)14-5-7-15(8-6-14)22-17-10-13(2)21-19(23-17)24-12-16(11-20-24)25(27)28/h5-8,10-12H,3-4,9H2,1-2H3,(H,21,22,23). The van der Waals surface area contributed by atoms with E-state index in [0.29, 0.717) is 29.4 Å². The Morgan fingerprint density at radius 1 is 1.28 bits per heavy atom. The van der Waals surface area contributed by atoms with E-state index in [4.69, 9.17) is 4.74 Å². The number of carbonyl (C=O) groups excluding carboxylic acids is 1. The van der Waals surface area contributed by atoms with Crippen molar-refractivity contribution >= 4 is 23.2 Å². The average Bonchev–Trinajstić information content (AvgIpc) is 3.19. The molecule has 0 radical (unpaired) electrons. The lowest BCUT2D eigenvalue weighted by Crippen LogP contribution is -2.07. The molecule has 0 amide bonds. The number of ether oxygens (including phenoxy) is 1. The summed E-state index contributed by atoms with van der Waals surface area (Å²) in [6, 6.07) is 8.55. The van der Waals surface area contributed by atoms with E-state index < -0.39 is 4.92 Å². The van der Waals surface area contributed by atoms with E-state index in [9.17, 15) is 14.9 Å². The van der Waals surface area contributed by atoms with E-state index in [1.807, 2.05) is 6.92 Å². The third-order valence-electron chi connectivity index (χ3n) is 3.95. The average molecular weight is 396 g/mol. The maximum Gasteiger partial charge on any atom is 0.338 e. The molecule has 10 nitrogen and oxygen atoms in total. The van der Waals surface area contributed by atoms with Crippen molar-refractivity contribution in [2.24, 2.45) is 0 Å². The summed E-state index contributed by atoms with van der Waals surface area (Å²) in [5, 5.41) is 17.9. The normalized spacial score (nSPS) is 10.6. The van der Waals surface area contributed by atoms with Crippen LogP contribution in [0.3, 0.4) is 0 Å². The van der Waals surface area contributed by atoms with Gasteiger partial charge in [-0.2, -0.15) is 14.8 Å². The molecule has 0 aliphatic rings. The van der Waals surface area contributed by atoms with Crippen LogP contribution >= 0.6 is 0 Å². The van der Waals surface area contributed by atoms with Crippen LogP contribution in [-0.4, -0.2) is 37.2 Å². The molecule has 1 N–H and O–H groups in total. The maximum absolute atomic E-state index is 12.0. The zero-order valence-electron chi connectivity index (χ0n) is 16.0. The number of nitro groups is 1. The lowest BCUT2D eigenvalue weighted by molar-refractivity contribution is -0.384. The number of carbonyl (C=O) groups is 1. The second-order valence-electron chi connectivity index (χ2n) is 6.29. The van der Waals surface area contributed by atoms with Crippen molar-refractivity contribution in [1.29, 1.82) is 0 Å². The Morgan fingerprint density at radius 2 is 2.03 bits per heavy atom. The molecule has 1 aromatic carbocycles. The molecule has 0 unspecified atom stereocenters. The number of hydrogen-bond donors (Lipinski definition) is 1. The molecule has 0 bridgehead atoms. The number of aromatic nitrogens is 4. The van der Waals surface area contributed by atoms with Crippen LogP contribution < -0.4 is 5.32 Å². The third kappa shape index (κ3) is 5.12. The third-order valence-corrected chi connectivity index (χ3v) is 3.95. The van der Waals surface area contributed by atoms with Crippen molar-refractivity contribution in [3.05, 3.63) is 64.1 Å². The molecule has 2 aromatic heterocycles. The topological polar surface area (TPSA) is 125 Å². The van der Waals surface area contributed by atoms with E-state index in [-0.39, 0.29) is 17.6 Å². The van der Waals surface area contributed by atoms with E-state index in [1.165, 1.54) is 10.9 Å². The smallest absolute Gasteiger partial charge is 0.338 e. The minimum absolute atomic E-state index is 0.147. The second kappa shape index (κ2) is 8.91. The van der Waals surface area contributed by atoms with Gasteiger partial charge in [-0.15, -0.1) is 0 Å². The van der Waals surface area contributed by atoms with Crippen molar-refractivity contribution in [2.45, 2.75) is 26.7 Å². The van der Waals surface area contributed by atoms with Gasteiger partial charge < -0.3 is 10.1 Å². The number of nitrogens with one attached hydrogen (secondary N) is 1. The number of aryl methyl sites for hydroxylation is 1. The van der Waals surface area contributed by atoms with Crippen LogP contribution in [0.2, 0.25) is 0 Å². The van der Waals surface area contributed by atoms with Gasteiger partial charge in [0.2, 0.25) is 0 Å². The van der Waals surface area contributed by atoms with Crippen molar-refractivity contribution in [3.63, 3.8) is 0 Å². The van der Waals surface area contributed by atoms with Gasteiger partial charge in [-0.3, -0.25) is 10.1 Å². The molecule has 3 rings (SSSR count). The lowest BCUT2D eigenvalue weighted by atomic mass is 10.2. The zero-order chi connectivity index (χ0) is 20.8. The number of nitrogens with zero attached hydrogens (tertiary/aromatic N) is 5. The molecule has 10 heteroatoms. The number of benzene rings is 1. The fourth-order valence-corrected chi connectivity index (χ4v) is 2.47. The minimum atomic E-state index is -0.534. The first kappa shape index (κ1) is 19.9. The van der Waals surface area contributed by atoms with E-state index >= 15 is 0 Å². The highest BCUT2D eigenvalue weighted by atomic mass is 16.6. The first-order chi connectivity index (χ1) is 14.0. The molecule has 0 spiro atoms. The molecular formula is C19H20N6O4. The van der Waals surface area contributed by atoms with Crippen molar-refractivity contribution in [1.82, 2.24) is 19.7 Å². The number of esters is 1. The highest BCUT2D eigenvalue weighted by molar-refractivity contribution is 5.89. The van der Waals surface area contributed by atoms with Crippen LogP contribution in [0.5, 0.6) is 0 Å². The number of unbranched alkanes of at least 4 members (excludes halogenated alkanes) is 1. The fourth-order valence-electron chi connectivity index (χ4n) is 2.47. The lowest BCUT2D eigenvalue weighted by Gasteiger charge is -2.09. The molecule has 0 atom stereocenters. The SMILES string of the molecule is CCCCOC(=O)c1ccc(Nc2cc(C)nc(-n3cc([N+](=O)[O-])cn3)n2)cc1.